The first-order valence-corrected chi connectivity index (χ1v) is 8.72. The monoisotopic (exact) mass is 347 g/mol. The maximum Gasteiger partial charge on any atom is 0.134 e. The Kier molecular flexibility index (Phi) is 4.35. The Morgan fingerprint density at radius 1 is 1.00 bits per heavy atom. The topological polar surface area (TPSA) is 66.3 Å². The largest absolute Gasteiger partial charge is 0.330 e. The molecule has 0 bridgehead atoms. The molecular formula is C19H21N7. The maximum absolute atomic E-state index is 4.72. The molecule has 0 atom stereocenters. The highest BCUT2D eigenvalue weighted by atomic mass is 15.2. The highest BCUT2D eigenvalue weighted by Crippen LogP contribution is 2.31. The van der Waals surface area contributed by atoms with E-state index >= 15 is 0 Å². The van der Waals surface area contributed by atoms with Crippen LogP contribution in [0, 0.1) is 0 Å². The van der Waals surface area contributed by atoms with E-state index in [1.54, 1.807) is 6.33 Å². The van der Waals surface area contributed by atoms with Gasteiger partial charge in [-0.05, 0) is 6.92 Å². The Morgan fingerprint density at radius 3 is 2.58 bits per heavy atom. The lowest BCUT2D eigenvalue weighted by molar-refractivity contribution is 0.648. The van der Waals surface area contributed by atoms with Crippen molar-refractivity contribution in [2.24, 2.45) is 7.05 Å². The zero-order chi connectivity index (χ0) is 17.9. The van der Waals surface area contributed by atoms with Gasteiger partial charge in [0, 0.05) is 32.1 Å². The standard InChI is InChI=1S/C19H21N7/c1-3-25-12-20-11-16(25)19-18(15-7-5-4-6-8-15)21-13-26(19)10-9-17-23-22-14-24(17)2/h4-8,11-14H,3,9-10H2,1-2H3. The zero-order valence-corrected chi connectivity index (χ0v) is 14.9. The number of nitrogens with zero attached hydrogens (tertiary/aromatic N) is 7. The molecule has 0 N–H and O–H groups in total. The zero-order valence-electron chi connectivity index (χ0n) is 14.9. The predicted molar refractivity (Wildman–Crippen MR) is 99.3 cm³/mol. The van der Waals surface area contributed by atoms with Crippen molar-refractivity contribution in [2.75, 3.05) is 0 Å². The Hall–Kier alpha value is -3.22. The number of aryl methyl sites for hydroxylation is 4. The van der Waals surface area contributed by atoms with Crippen molar-refractivity contribution in [1.82, 2.24) is 33.9 Å². The van der Waals surface area contributed by atoms with E-state index in [0.717, 1.165) is 48.0 Å². The lowest BCUT2D eigenvalue weighted by Crippen LogP contribution is -2.08. The quantitative estimate of drug-likeness (QED) is 0.538. The van der Waals surface area contributed by atoms with Crippen molar-refractivity contribution >= 4 is 0 Å². The van der Waals surface area contributed by atoms with Gasteiger partial charge in [0.25, 0.3) is 0 Å². The molecule has 0 spiro atoms. The molecule has 0 saturated heterocycles. The molecule has 7 nitrogen and oxygen atoms in total. The lowest BCUT2D eigenvalue weighted by Gasteiger charge is -2.12. The van der Waals surface area contributed by atoms with Crippen LogP contribution in [0.2, 0.25) is 0 Å². The van der Waals surface area contributed by atoms with E-state index in [9.17, 15) is 0 Å². The van der Waals surface area contributed by atoms with Gasteiger partial charge in [-0.25, -0.2) is 9.97 Å². The first-order chi connectivity index (χ1) is 12.8. The van der Waals surface area contributed by atoms with E-state index in [2.05, 4.69) is 43.4 Å². The highest BCUT2D eigenvalue weighted by Gasteiger charge is 2.18. The minimum Gasteiger partial charge on any atom is -0.330 e. The molecule has 4 aromatic rings. The second kappa shape index (κ2) is 6.95. The Labute approximate surface area is 152 Å². The molecule has 0 unspecified atom stereocenters. The van der Waals surface area contributed by atoms with Gasteiger partial charge in [-0.15, -0.1) is 10.2 Å². The van der Waals surface area contributed by atoms with Crippen LogP contribution in [0.15, 0.2) is 55.5 Å². The Balaban J connectivity index is 1.77. The third kappa shape index (κ3) is 2.92. The van der Waals surface area contributed by atoms with Crippen LogP contribution in [0.3, 0.4) is 0 Å². The van der Waals surface area contributed by atoms with Crippen LogP contribution >= 0.6 is 0 Å². The molecule has 7 heteroatoms. The van der Waals surface area contributed by atoms with E-state index in [4.69, 9.17) is 4.98 Å². The summed E-state index contributed by atoms with van der Waals surface area (Å²) in [6, 6.07) is 10.3. The summed E-state index contributed by atoms with van der Waals surface area (Å²) in [6.07, 6.45) is 8.19. The van der Waals surface area contributed by atoms with Crippen LogP contribution in [-0.2, 0) is 26.6 Å². The van der Waals surface area contributed by atoms with Crippen LogP contribution in [0.1, 0.15) is 12.7 Å². The van der Waals surface area contributed by atoms with E-state index in [1.807, 2.05) is 48.7 Å². The van der Waals surface area contributed by atoms with E-state index in [-0.39, 0.29) is 0 Å². The van der Waals surface area contributed by atoms with Crippen LogP contribution in [0.4, 0.5) is 0 Å². The third-order valence-electron chi connectivity index (χ3n) is 4.56. The van der Waals surface area contributed by atoms with E-state index in [1.165, 1.54) is 0 Å². The maximum atomic E-state index is 4.72. The second-order valence-electron chi connectivity index (χ2n) is 6.17. The predicted octanol–water partition coefficient (Wildman–Crippen LogP) is 2.80. The van der Waals surface area contributed by atoms with Crippen LogP contribution in [0.25, 0.3) is 22.6 Å². The fourth-order valence-electron chi connectivity index (χ4n) is 3.15. The summed E-state index contributed by atoms with van der Waals surface area (Å²) in [6.45, 7) is 3.75. The highest BCUT2D eigenvalue weighted by molar-refractivity contribution is 5.76. The number of benzene rings is 1. The van der Waals surface area contributed by atoms with Crippen LogP contribution in [0.5, 0.6) is 0 Å². The normalized spacial score (nSPS) is 11.2. The molecule has 26 heavy (non-hydrogen) atoms. The average Bonchev–Trinajstić information content (AvgIpc) is 3.39. The third-order valence-corrected chi connectivity index (χ3v) is 4.56. The molecule has 0 saturated carbocycles. The second-order valence-corrected chi connectivity index (χ2v) is 6.17. The van der Waals surface area contributed by atoms with Crippen molar-refractivity contribution in [3.05, 3.63) is 61.3 Å². The minimum atomic E-state index is 0.774. The van der Waals surface area contributed by atoms with Crippen molar-refractivity contribution < 1.29 is 0 Å². The number of aromatic nitrogens is 7. The van der Waals surface area contributed by atoms with Gasteiger partial charge >= 0.3 is 0 Å². The van der Waals surface area contributed by atoms with Gasteiger partial charge in [0.05, 0.1) is 35.9 Å². The smallest absolute Gasteiger partial charge is 0.134 e. The molecule has 0 aliphatic carbocycles. The summed E-state index contributed by atoms with van der Waals surface area (Å²) >= 11 is 0. The van der Waals surface area contributed by atoms with Gasteiger partial charge in [-0.3, -0.25) is 0 Å². The molecule has 3 aromatic heterocycles. The molecule has 0 radical (unpaired) electrons. The van der Waals surface area contributed by atoms with E-state index in [0.29, 0.717) is 0 Å². The van der Waals surface area contributed by atoms with Crippen molar-refractivity contribution in [1.29, 1.82) is 0 Å². The Bertz CT molecular complexity index is 994. The van der Waals surface area contributed by atoms with Crippen LogP contribution < -0.4 is 0 Å². The first-order valence-electron chi connectivity index (χ1n) is 8.72. The fraction of sp³-hybridized carbons (Fsp3) is 0.263. The average molecular weight is 347 g/mol. The lowest BCUT2D eigenvalue weighted by atomic mass is 10.1. The molecule has 0 aliphatic heterocycles. The Morgan fingerprint density at radius 2 is 1.85 bits per heavy atom. The van der Waals surface area contributed by atoms with Gasteiger partial charge in [0.2, 0.25) is 0 Å². The molecule has 1 aromatic carbocycles. The molecule has 132 valence electrons. The summed E-state index contributed by atoms with van der Waals surface area (Å²) in [5, 5.41) is 8.14. The molecule has 3 heterocycles. The van der Waals surface area contributed by atoms with Gasteiger partial charge in [0.15, 0.2) is 0 Å². The van der Waals surface area contributed by atoms with Crippen molar-refractivity contribution in [3.8, 4) is 22.6 Å². The number of imidazole rings is 2. The summed E-state index contributed by atoms with van der Waals surface area (Å²) in [5.74, 6) is 0.954. The molecule has 4 rings (SSSR count). The van der Waals surface area contributed by atoms with E-state index < -0.39 is 0 Å². The van der Waals surface area contributed by atoms with Crippen molar-refractivity contribution in [3.63, 3.8) is 0 Å². The van der Waals surface area contributed by atoms with Gasteiger partial charge in [-0.2, -0.15) is 0 Å². The molecular weight excluding hydrogens is 326 g/mol. The molecule has 0 amide bonds. The van der Waals surface area contributed by atoms with Crippen molar-refractivity contribution in [2.45, 2.75) is 26.4 Å². The SMILES string of the molecule is CCn1cncc1-c1c(-c2ccccc2)ncn1CCc1nncn1C. The van der Waals surface area contributed by atoms with Crippen LogP contribution in [-0.4, -0.2) is 33.9 Å². The molecule has 0 aliphatic rings. The summed E-state index contributed by atoms with van der Waals surface area (Å²) in [7, 11) is 1.96. The van der Waals surface area contributed by atoms with Gasteiger partial charge in [-0.1, -0.05) is 30.3 Å². The summed E-state index contributed by atoms with van der Waals surface area (Å²) in [5.41, 5.74) is 4.22. The summed E-state index contributed by atoms with van der Waals surface area (Å²) < 4.78 is 6.27. The molecule has 0 fully saturated rings. The first kappa shape index (κ1) is 16.3. The number of rotatable bonds is 6. The fourth-order valence-corrected chi connectivity index (χ4v) is 3.15. The number of hydrogen-bond donors (Lipinski definition) is 0. The minimum absolute atomic E-state index is 0.774. The van der Waals surface area contributed by atoms with Gasteiger partial charge < -0.3 is 13.7 Å². The van der Waals surface area contributed by atoms with Gasteiger partial charge in [0.1, 0.15) is 12.2 Å². The number of hydrogen-bond acceptors (Lipinski definition) is 4. The summed E-state index contributed by atoms with van der Waals surface area (Å²) in [4.78, 5) is 9.06.